The predicted molar refractivity (Wildman–Crippen MR) is 85.7 cm³/mol. The number of hydrogen-bond acceptors (Lipinski definition) is 3. The SMILES string of the molecule is CCN1CCC=C(c2cccc3[nH]cc(OP(=O)(O)O)c23)C1. The van der Waals surface area contributed by atoms with Crippen LogP contribution in [0.4, 0.5) is 0 Å². The summed E-state index contributed by atoms with van der Waals surface area (Å²) < 4.78 is 16.0. The highest BCUT2D eigenvalue weighted by Gasteiger charge is 2.22. The quantitative estimate of drug-likeness (QED) is 0.754. The molecule has 0 bridgehead atoms. The molecule has 0 unspecified atom stereocenters. The van der Waals surface area contributed by atoms with E-state index in [2.05, 4.69) is 22.9 Å². The molecule has 2 aromatic rings. The fourth-order valence-corrected chi connectivity index (χ4v) is 3.29. The standard InChI is InChI=1S/C15H19N2O4P/c1-2-17-8-4-5-11(10-17)12-6-3-7-13-15(12)14(9-16-13)21-22(18,19)20/h3,5-7,9,16H,2,4,8,10H2,1H3,(H2,18,19,20). The molecule has 0 amide bonds. The van der Waals surface area contributed by atoms with E-state index in [4.69, 9.17) is 14.3 Å². The van der Waals surface area contributed by atoms with Crippen molar-refractivity contribution in [2.45, 2.75) is 13.3 Å². The Morgan fingerprint density at radius 2 is 2.23 bits per heavy atom. The summed E-state index contributed by atoms with van der Waals surface area (Å²) in [4.78, 5) is 23.5. The van der Waals surface area contributed by atoms with Crippen LogP contribution in [0.25, 0.3) is 16.5 Å². The zero-order valence-corrected chi connectivity index (χ0v) is 13.2. The maximum atomic E-state index is 11.2. The predicted octanol–water partition coefficient (Wildman–Crippen LogP) is 2.75. The molecule has 2 heterocycles. The number of phosphoric acid groups is 1. The van der Waals surface area contributed by atoms with E-state index in [-0.39, 0.29) is 5.75 Å². The zero-order chi connectivity index (χ0) is 15.7. The molecule has 6 nitrogen and oxygen atoms in total. The lowest BCUT2D eigenvalue weighted by molar-refractivity contribution is 0.284. The number of nitrogens with one attached hydrogen (secondary N) is 1. The van der Waals surface area contributed by atoms with Crippen molar-refractivity contribution in [2.24, 2.45) is 0 Å². The minimum absolute atomic E-state index is 0.188. The second-order valence-electron chi connectivity index (χ2n) is 5.35. The molecule has 0 spiro atoms. The maximum absolute atomic E-state index is 11.2. The van der Waals surface area contributed by atoms with Crippen molar-refractivity contribution in [1.82, 2.24) is 9.88 Å². The molecule has 3 rings (SSSR count). The minimum atomic E-state index is -4.59. The Morgan fingerprint density at radius 1 is 1.41 bits per heavy atom. The molecule has 22 heavy (non-hydrogen) atoms. The third-order valence-corrected chi connectivity index (χ3v) is 4.34. The molecule has 118 valence electrons. The minimum Gasteiger partial charge on any atom is -0.402 e. The third kappa shape index (κ3) is 3.10. The number of H-pyrrole nitrogens is 1. The van der Waals surface area contributed by atoms with Crippen molar-refractivity contribution in [1.29, 1.82) is 0 Å². The second kappa shape index (κ2) is 5.89. The summed E-state index contributed by atoms with van der Waals surface area (Å²) in [5.41, 5.74) is 2.92. The van der Waals surface area contributed by atoms with Gasteiger partial charge in [0, 0.05) is 30.2 Å². The molecule has 7 heteroatoms. The second-order valence-corrected chi connectivity index (χ2v) is 6.51. The highest BCUT2D eigenvalue weighted by Crippen LogP contribution is 2.43. The van der Waals surface area contributed by atoms with Gasteiger partial charge in [0.05, 0.1) is 0 Å². The number of aromatic amines is 1. The molecule has 0 aliphatic carbocycles. The molecule has 0 radical (unpaired) electrons. The number of fused-ring (bicyclic) bond motifs is 1. The van der Waals surface area contributed by atoms with Crippen molar-refractivity contribution < 1.29 is 18.9 Å². The summed E-state index contributed by atoms with van der Waals surface area (Å²) in [6.07, 6.45) is 4.65. The fraction of sp³-hybridized carbons (Fsp3) is 0.333. The van der Waals surface area contributed by atoms with E-state index < -0.39 is 7.82 Å². The van der Waals surface area contributed by atoms with Gasteiger partial charge in [0.1, 0.15) is 0 Å². The monoisotopic (exact) mass is 322 g/mol. The van der Waals surface area contributed by atoms with E-state index in [0.29, 0.717) is 0 Å². The van der Waals surface area contributed by atoms with E-state index in [1.165, 1.54) is 6.20 Å². The molecule has 0 saturated carbocycles. The highest BCUT2D eigenvalue weighted by atomic mass is 31.2. The Kier molecular flexibility index (Phi) is 4.10. The van der Waals surface area contributed by atoms with E-state index in [9.17, 15) is 4.57 Å². The average Bonchev–Trinajstić information content (AvgIpc) is 2.88. The topological polar surface area (TPSA) is 85.8 Å². The molecular weight excluding hydrogens is 303 g/mol. The van der Waals surface area contributed by atoms with Crippen LogP contribution < -0.4 is 4.52 Å². The van der Waals surface area contributed by atoms with Crippen LogP contribution >= 0.6 is 7.82 Å². The molecule has 1 aromatic carbocycles. The van der Waals surface area contributed by atoms with E-state index in [1.807, 2.05) is 18.2 Å². The van der Waals surface area contributed by atoms with Crippen molar-refractivity contribution in [3.05, 3.63) is 36.0 Å². The first kappa shape index (κ1) is 15.3. The Balaban J connectivity index is 2.08. The van der Waals surface area contributed by atoms with Gasteiger partial charge in [-0.1, -0.05) is 25.1 Å². The molecule has 1 aromatic heterocycles. The number of likely N-dealkylation sites (N-methyl/N-ethyl adjacent to an activating group) is 1. The number of nitrogens with zero attached hydrogens (tertiary/aromatic N) is 1. The first-order chi connectivity index (χ1) is 10.5. The molecule has 0 fully saturated rings. The highest BCUT2D eigenvalue weighted by molar-refractivity contribution is 7.46. The van der Waals surface area contributed by atoms with Crippen LogP contribution in [0.2, 0.25) is 0 Å². The van der Waals surface area contributed by atoms with Gasteiger partial charge in [-0.2, -0.15) is 0 Å². The average molecular weight is 322 g/mol. The largest absolute Gasteiger partial charge is 0.524 e. The molecule has 1 aliphatic rings. The van der Waals surface area contributed by atoms with Gasteiger partial charge in [-0.3, -0.25) is 14.7 Å². The number of phosphoric ester groups is 1. The van der Waals surface area contributed by atoms with E-state index in [1.54, 1.807) is 0 Å². The van der Waals surface area contributed by atoms with Gasteiger partial charge in [0.15, 0.2) is 5.75 Å². The van der Waals surface area contributed by atoms with Gasteiger partial charge in [0.25, 0.3) is 0 Å². The van der Waals surface area contributed by atoms with Crippen molar-refractivity contribution in [3.8, 4) is 5.75 Å². The third-order valence-electron chi connectivity index (χ3n) is 3.91. The molecular formula is C15H19N2O4P. The summed E-state index contributed by atoms with van der Waals surface area (Å²) in [7, 11) is -4.59. The van der Waals surface area contributed by atoms with Gasteiger partial charge in [-0.05, 0) is 30.2 Å². The normalized spacial score (nSPS) is 16.8. The smallest absolute Gasteiger partial charge is 0.402 e. The summed E-state index contributed by atoms with van der Waals surface area (Å²) in [6, 6.07) is 5.77. The first-order valence-corrected chi connectivity index (χ1v) is 8.78. The van der Waals surface area contributed by atoms with E-state index >= 15 is 0 Å². The maximum Gasteiger partial charge on any atom is 0.524 e. The van der Waals surface area contributed by atoms with Crippen LogP contribution in [-0.4, -0.2) is 39.3 Å². The number of rotatable bonds is 4. The van der Waals surface area contributed by atoms with Crippen LogP contribution in [0.15, 0.2) is 30.5 Å². The summed E-state index contributed by atoms with van der Waals surface area (Å²) in [5.74, 6) is 0.188. The zero-order valence-electron chi connectivity index (χ0n) is 12.3. The van der Waals surface area contributed by atoms with Crippen LogP contribution in [-0.2, 0) is 4.57 Å². The fourth-order valence-electron chi connectivity index (χ4n) is 2.89. The molecule has 3 N–H and O–H groups in total. The van der Waals surface area contributed by atoms with Crippen LogP contribution in [0.3, 0.4) is 0 Å². The van der Waals surface area contributed by atoms with Crippen LogP contribution in [0, 0.1) is 0 Å². The lowest BCUT2D eigenvalue weighted by Crippen LogP contribution is -2.29. The van der Waals surface area contributed by atoms with Gasteiger partial charge < -0.3 is 9.51 Å². The Bertz CT molecular complexity index is 762. The summed E-state index contributed by atoms with van der Waals surface area (Å²) in [6.45, 7) is 4.97. The summed E-state index contributed by atoms with van der Waals surface area (Å²) >= 11 is 0. The van der Waals surface area contributed by atoms with E-state index in [0.717, 1.165) is 48.1 Å². The molecule has 0 saturated heterocycles. The van der Waals surface area contributed by atoms with Gasteiger partial charge in [-0.15, -0.1) is 0 Å². The molecule has 0 atom stereocenters. The summed E-state index contributed by atoms with van der Waals surface area (Å²) in [5, 5.41) is 0.718. The van der Waals surface area contributed by atoms with Gasteiger partial charge in [-0.25, -0.2) is 4.57 Å². The van der Waals surface area contributed by atoms with Gasteiger partial charge in [0.2, 0.25) is 0 Å². The Labute approximate surface area is 128 Å². The first-order valence-electron chi connectivity index (χ1n) is 7.25. The van der Waals surface area contributed by atoms with Crippen molar-refractivity contribution in [2.75, 3.05) is 19.6 Å². The number of hydrogen-bond donors (Lipinski definition) is 3. The lowest BCUT2D eigenvalue weighted by atomic mass is 9.97. The number of benzene rings is 1. The lowest BCUT2D eigenvalue weighted by Gasteiger charge is -2.26. The van der Waals surface area contributed by atoms with Crippen LogP contribution in [0.5, 0.6) is 5.75 Å². The van der Waals surface area contributed by atoms with Crippen molar-refractivity contribution in [3.63, 3.8) is 0 Å². The van der Waals surface area contributed by atoms with Gasteiger partial charge >= 0.3 is 7.82 Å². The molecule has 1 aliphatic heterocycles. The number of aromatic nitrogens is 1. The Morgan fingerprint density at radius 3 is 2.95 bits per heavy atom. The van der Waals surface area contributed by atoms with Crippen LogP contribution in [0.1, 0.15) is 18.9 Å². The van der Waals surface area contributed by atoms with Crippen molar-refractivity contribution >= 4 is 24.3 Å². The Hall–Kier alpha value is -1.59.